The second-order valence-electron chi connectivity index (χ2n) is 5.17. The molecule has 1 amide bonds. The van der Waals surface area contributed by atoms with Crippen molar-refractivity contribution >= 4 is 34.1 Å². The maximum absolute atomic E-state index is 11.6. The molecule has 0 aliphatic rings. The smallest absolute Gasteiger partial charge is 0.247 e. The van der Waals surface area contributed by atoms with E-state index in [1.807, 2.05) is 44.2 Å². The van der Waals surface area contributed by atoms with Gasteiger partial charge in [-0.1, -0.05) is 55.1 Å². The molecule has 0 saturated carbocycles. The van der Waals surface area contributed by atoms with Gasteiger partial charge in [-0.2, -0.15) is 0 Å². The molecule has 0 aliphatic carbocycles. The molecule has 3 rings (SSSR count). The lowest BCUT2D eigenvalue weighted by Gasteiger charge is -2.02. The predicted octanol–water partition coefficient (Wildman–Crippen LogP) is 3.47. The largest absolute Gasteiger partial charge is 0.420 e. The molecule has 0 spiro atoms. The molecule has 9 heteroatoms. The van der Waals surface area contributed by atoms with Crippen molar-refractivity contribution in [2.45, 2.75) is 23.9 Å². The van der Waals surface area contributed by atoms with E-state index >= 15 is 0 Å². The number of amides is 1. The normalized spacial score (nSPS) is 11.0. The highest BCUT2D eigenvalue weighted by molar-refractivity contribution is 8.00. The number of anilines is 1. The third kappa shape index (κ3) is 4.18. The molecule has 0 radical (unpaired) electrons. The standard InChI is InChI=1S/C15H15N5O2S2/c1-9(2)12(21)16-14-19-20-15(24-14)23-8-11-17-18-13(22-11)10-6-4-3-5-7-10/h3-7,9H,8H2,1-2H3,(H,16,19,21). The Kier molecular flexibility index (Phi) is 5.21. The van der Waals surface area contributed by atoms with Crippen LogP contribution in [0.5, 0.6) is 0 Å². The number of nitrogens with one attached hydrogen (secondary N) is 1. The third-order valence-corrected chi connectivity index (χ3v) is 4.92. The maximum Gasteiger partial charge on any atom is 0.247 e. The molecule has 124 valence electrons. The first-order valence-electron chi connectivity index (χ1n) is 7.27. The summed E-state index contributed by atoms with van der Waals surface area (Å²) < 4.78 is 6.37. The SMILES string of the molecule is CC(C)C(=O)Nc1nnc(SCc2nnc(-c3ccccc3)o2)s1. The van der Waals surface area contributed by atoms with Crippen molar-refractivity contribution in [1.29, 1.82) is 0 Å². The van der Waals surface area contributed by atoms with Crippen molar-refractivity contribution in [3.63, 3.8) is 0 Å². The summed E-state index contributed by atoms with van der Waals surface area (Å²) in [5, 5.41) is 19.3. The number of hydrogen-bond donors (Lipinski definition) is 1. The predicted molar refractivity (Wildman–Crippen MR) is 92.7 cm³/mol. The van der Waals surface area contributed by atoms with Gasteiger partial charge in [0.1, 0.15) is 0 Å². The molecule has 0 atom stereocenters. The van der Waals surface area contributed by atoms with E-state index in [-0.39, 0.29) is 11.8 Å². The van der Waals surface area contributed by atoms with E-state index in [1.165, 1.54) is 23.1 Å². The maximum atomic E-state index is 11.6. The van der Waals surface area contributed by atoms with Gasteiger partial charge < -0.3 is 9.73 Å². The van der Waals surface area contributed by atoms with Crippen LogP contribution in [0.2, 0.25) is 0 Å². The molecule has 1 N–H and O–H groups in total. The van der Waals surface area contributed by atoms with Crippen LogP contribution in [0.25, 0.3) is 11.5 Å². The highest BCUT2D eigenvalue weighted by atomic mass is 32.2. The second-order valence-corrected chi connectivity index (χ2v) is 7.37. The van der Waals surface area contributed by atoms with Crippen LogP contribution in [0.1, 0.15) is 19.7 Å². The van der Waals surface area contributed by atoms with E-state index < -0.39 is 0 Å². The molecule has 1 aromatic carbocycles. The van der Waals surface area contributed by atoms with Gasteiger partial charge in [0.2, 0.25) is 22.8 Å². The molecule has 0 aliphatic heterocycles. The van der Waals surface area contributed by atoms with Crippen LogP contribution in [-0.2, 0) is 10.5 Å². The van der Waals surface area contributed by atoms with Crippen LogP contribution >= 0.6 is 23.1 Å². The molecular weight excluding hydrogens is 346 g/mol. The lowest BCUT2D eigenvalue weighted by molar-refractivity contribution is -0.118. The minimum absolute atomic E-state index is 0.0768. The van der Waals surface area contributed by atoms with Gasteiger partial charge in [0, 0.05) is 11.5 Å². The van der Waals surface area contributed by atoms with E-state index in [9.17, 15) is 4.79 Å². The molecule has 3 aromatic rings. The first-order chi connectivity index (χ1) is 11.6. The Morgan fingerprint density at radius 2 is 2.00 bits per heavy atom. The summed E-state index contributed by atoms with van der Waals surface area (Å²) in [4.78, 5) is 11.6. The van der Waals surface area contributed by atoms with Crippen LogP contribution in [0, 0.1) is 5.92 Å². The lowest BCUT2D eigenvalue weighted by Crippen LogP contribution is -2.17. The fourth-order valence-corrected chi connectivity index (χ4v) is 3.29. The summed E-state index contributed by atoms with van der Waals surface area (Å²) in [5.41, 5.74) is 0.885. The van der Waals surface area contributed by atoms with Gasteiger partial charge in [-0.05, 0) is 12.1 Å². The zero-order chi connectivity index (χ0) is 16.9. The fraction of sp³-hybridized carbons (Fsp3) is 0.267. The zero-order valence-corrected chi connectivity index (χ0v) is 14.7. The van der Waals surface area contributed by atoms with Gasteiger partial charge in [0.15, 0.2) is 4.34 Å². The number of carbonyl (C=O) groups is 1. The van der Waals surface area contributed by atoms with Crippen molar-refractivity contribution in [3.05, 3.63) is 36.2 Å². The van der Waals surface area contributed by atoms with Crippen LogP contribution in [0.3, 0.4) is 0 Å². The molecule has 2 aromatic heterocycles. The quantitative estimate of drug-likeness (QED) is 0.530. The van der Waals surface area contributed by atoms with Crippen LogP contribution in [0.15, 0.2) is 39.1 Å². The van der Waals surface area contributed by atoms with Crippen molar-refractivity contribution in [2.75, 3.05) is 5.32 Å². The number of carbonyl (C=O) groups excluding carboxylic acids is 1. The Bertz CT molecular complexity index is 816. The van der Waals surface area contributed by atoms with Gasteiger partial charge in [-0.3, -0.25) is 4.79 Å². The third-order valence-electron chi connectivity index (χ3n) is 2.97. The van der Waals surface area contributed by atoms with Gasteiger partial charge >= 0.3 is 0 Å². The molecule has 24 heavy (non-hydrogen) atoms. The lowest BCUT2D eigenvalue weighted by atomic mass is 10.2. The van der Waals surface area contributed by atoms with E-state index in [4.69, 9.17) is 4.42 Å². The molecular formula is C15H15N5O2S2. The Morgan fingerprint density at radius 1 is 1.21 bits per heavy atom. The van der Waals surface area contributed by atoms with E-state index in [1.54, 1.807) is 0 Å². The second kappa shape index (κ2) is 7.54. The summed E-state index contributed by atoms with van der Waals surface area (Å²) in [6, 6.07) is 9.60. The number of nitrogens with zero attached hydrogens (tertiary/aromatic N) is 4. The van der Waals surface area contributed by atoms with Gasteiger partial charge in [-0.15, -0.1) is 20.4 Å². The first kappa shape index (κ1) is 16.6. The highest BCUT2D eigenvalue weighted by Crippen LogP contribution is 2.29. The van der Waals surface area contributed by atoms with E-state index in [2.05, 4.69) is 25.7 Å². The van der Waals surface area contributed by atoms with Crippen molar-refractivity contribution < 1.29 is 9.21 Å². The molecule has 2 heterocycles. The van der Waals surface area contributed by atoms with E-state index in [0.29, 0.717) is 22.7 Å². The van der Waals surface area contributed by atoms with Crippen molar-refractivity contribution in [1.82, 2.24) is 20.4 Å². The minimum Gasteiger partial charge on any atom is -0.420 e. The number of thioether (sulfide) groups is 1. The zero-order valence-electron chi connectivity index (χ0n) is 13.1. The summed E-state index contributed by atoms with van der Waals surface area (Å²) >= 11 is 2.76. The van der Waals surface area contributed by atoms with Crippen molar-refractivity contribution in [3.8, 4) is 11.5 Å². The average molecular weight is 361 g/mol. The van der Waals surface area contributed by atoms with Gasteiger partial charge in [0.05, 0.1) is 5.75 Å². The molecule has 0 saturated heterocycles. The minimum atomic E-state index is -0.0974. The van der Waals surface area contributed by atoms with Gasteiger partial charge in [0.25, 0.3) is 0 Å². The monoisotopic (exact) mass is 361 g/mol. The average Bonchev–Trinajstić information content (AvgIpc) is 3.23. The van der Waals surface area contributed by atoms with Crippen molar-refractivity contribution in [2.24, 2.45) is 5.92 Å². The summed E-state index contributed by atoms with van der Waals surface area (Å²) in [6.07, 6.45) is 0. The first-order valence-corrected chi connectivity index (χ1v) is 9.07. The number of aromatic nitrogens is 4. The Labute approximate surface area is 146 Å². The summed E-state index contributed by atoms with van der Waals surface area (Å²) in [6.45, 7) is 3.65. The number of benzene rings is 1. The Hall–Kier alpha value is -2.26. The Morgan fingerprint density at radius 3 is 2.75 bits per heavy atom. The number of rotatable bonds is 6. The fourth-order valence-electron chi connectivity index (χ4n) is 1.70. The van der Waals surface area contributed by atoms with Crippen LogP contribution in [-0.4, -0.2) is 26.3 Å². The Balaban J connectivity index is 1.58. The van der Waals surface area contributed by atoms with E-state index in [0.717, 1.165) is 9.90 Å². The topological polar surface area (TPSA) is 93.8 Å². The molecule has 0 fully saturated rings. The molecule has 0 unspecified atom stereocenters. The van der Waals surface area contributed by atoms with Crippen LogP contribution in [0.4, 0.5) is 5.13 Å². The number of hydrogen-bond acceptors (Lipinski definition) is 8. The highest BCUT2D eigenvalue weighted by Gasteiger charge is 2.13. The molecule has 0 bridgehead atoms. The summed E-state index contributed by atoms with van der Waals surface area (Å²) in [5.74, 6) is 1.33. The van der Waals surface area contributed by atoms with Crippen LogP contribution < -0.4 is 5.32 Å². The summed E-state index contributed by atoms with van der Waals surface area (Å²) in [7, 11) is 0. The van der Waals surface area contributed by atoms with Gasteiger partial charge in [-0.25, -0.2) is 0 Å². The molecule has 7 nitrogen and oxygen atoms in total.